The lowest BCUT2D eigenvalue weighted by atomic mass is 10.2. The Balaban J connectivity index is 1.94. The van der Waals surface area contributed by atoms with Crippen LogP contribution in [0.25, 0.3) is 0 Å². The molecule has 0 unspecified atom stereocenters. The predicted molar refractivity (Wildman–Crippen MR) is 66.5 cm³/mol. The highest BCUT2D eigenvalue weighted by Crippen LogP contribution is 2.33. The number of halogens is 1. The van der Waals surface area contributed by atoms with Crippen LogP contribution in [-0.4, -0.2) is 13.7 Å². The molecule has 1 aromatic carbocycles. The van der Waals surface area contributed by atoms with Gasteiger partial charge in [-0.25, -0.2) is 0 Å². The molecule has 15 heavy (non-hydrogen) atoms. The van der Waals surface area contributed by atoms with Crippen LogP contribution in [0.1, 0.15) is 19.3 Å². The highest BCUT2D eigenvalue weighted by molar-refractivity contribution is 9.10. The lowest BCUT2D eigenvalue weighted by molar-refractivity contribution is 0.416. The van der Waals surface area contributed by atoms with Crippen molar-refractivity contribution in [2.75, 3.05) is 19.0 Å². The number of rotatable bonds is 5. The SMILES string of the molecule is COc1ccc(Br)cc1NCCC1CC1. The minimum Gasteiger partial charge on any atom is -0.495 e. The predicted octanol–water partition coefficient (Wildman–Crippen LogP) is 3.67. The molecule has 0 bridgehead atoms. The molecule has 0 aromatic heterocycles. The smallest absolute Gasteiger partial charge is 0.142 e. The van der Waals surface area contributed by atoms with Crippen molar-refractivity contribution in [2.45, 2.75) is 19.3 Å². The van der Waals surface area contributed by atoms with Gasteiger partial charge in [-0.3, -0.25) is 0 Å². The van der Waals surface area contributed by atoms with E-state index in [0.29, 0.717) is 0 Å². The van der Waals surface area contributed by atoms with Gasteiger partial charge in [-0.1, -0.05) is 28.8 Å². The van der Waals surface area contributed by atoms with E-state index in [0.717, 1.165) is 28.4 Å². The van der Waals surface area contributed by atoms with E-state index in [9.17, 15) is 0 Å². The lowest BCUT2D eigenvalue weighted by Gasteiger charge is -2.11. The Morgan fingerprint density at radius 1 is 1.47 bits per heavy atom. The highest BCUT2D eigenvalue weighted by atomic mass is 79.9. The van der Waals surface area contributed by atoms with Gasteiger partial charge in [0.1, 0.15) is 5.75 Å². The molecule has 0 radical (unpaired) electrons. The molecule has 1 aliphatic carbocycles. The first-order valence-corrected chi connectivity index (χ1v) is 6.16. The summed E-state index contributed by atoms with van der Waals surface area (Å²) in [7, 11) is 1.70. The van der Waals surface area contributed by atoms with E-state index < -0.39 is 0 Å². The summed E-state index contributed by atoms with van der Waals surface area (Å²) in [4.78, 5) is 0. The fourth-order valence-electron chi connectivity index (χ4n) is 1.64. The van der Waals surface area contributed by atoms with Crippen molar-refractivity contribution < 1.29 is 4.74 Å². The number of benzene rings is 1. The van der Waals surface area contributed by atoms with Gasteiger partial charge in [0.15, 0.2) is 0 Å². The summed E-state index contributed by atoms with van der Waals surface area (Å²) in [6, 6.07) is 6.03. The zero-order chi connectivity index (χ0) is 10.7. The van der Waals surface area contributed by atoms with Crippen LogP contribution in [0.15, 0.2) is 22.7 Å². The molecule has 2 rings (SSSR count). The third-order valence-electron chi connectivity index (χ3n) is 2.73. The second kappa shape index (κ2) is 4.88. The molecule has 1 N–H and O–H groups in total. The average molecular weight is 270 g/mol. The van der Waals surface area contributed by atoms with Crippen LogP contribution in [-0.2, 0) is 0 Å². The molecule has 0 heterocycles. The quantitative estimate of drug-likeness (QED) is 0.881. The fraction of sp³-hybridized carbons (Fsp3) is 0.500. The molecule has 0 saturated heterocycles. The maximum absolute atomic E-state index is 5.29. The highest BCUT2D eigenvalue weighted by Gasteiger charge is 2.20. The first-order valence-electron chi connectivity index (χ1n) is 5.37. The summed E-state index contributed by atoms with van der Waals surface area (Å²) >= 11 is 3.46. The molecule has 0 aliphatic heterocycles. The van der Waals surface area contributed by atoms with Crippen LogP contribution in [0.4, 0.5) is 5.69 Å². The van der Waals surface area contributed by atoms with Crippen LogP contribution in [0.5, 0.6) is 5.75 Å². The van der Waals surface area contributed by atoms with Crippen molar-refractivity contribution in [3.05, 3.63) is 22.7 Å². The van der Waals surface area contributed by atoms with Gasteiger partial charge in [0.05, 0.1) is 12.8 Å². The standard InChI is InChI=1S/C12H16BrNO/c1-15-12-5-4-10(13)8-11(12)14-7-6-9-2-3-9/h4-5,8-9,14H,2-3,6-7H2,1H3. The maximum atomic E-state index is 5.29. The Labute approximate surface area is 99.1 Å². The first kappa shape index (κ1) is 10.8. The summed E-state index contributed by atoms with van der Waals surface area (Å²) in [5, 5.41) is 3.42. The molecule has 0 spiro atoms. The van der Waals surface area contributed by atoms with Gasteiger partial charge in [-0.15, -0.1) is 0 Å². The Kier molecular flexibility index (Phi) is 3.52. The Morgan fingerprint density at radius 2 is 2.27 bits per heavy atom. The average Bonchev–Trinajstić information content (AvgIpc) is 3.02. The van der Waals surface area contributed by atoms with E-state index in [1.807, 2.05) is 12.1 Å². The molecule has 1 fully saturated rings. The van der Waals surface area contributed by atoms with Gasteiger partial charge >= 0.3 is 0 Å². The number of ether oxygens (including phenoxy) is 1. The largest absolute Gasteiger partial charge is 0.495 e. The number of hydrogen-bond donors (Lipinski definition) is 1. The van der Waals surface area contributed by atoms with Crippen molar-refractivity contribution in [3.63, 3.8) is 0 Å². The van der Waals surface area contributed by atoms with Gasteiger partial charge in [0.25, 0.3) is 0 Å². The van der Waals surface area contributed by atoms with E-state index in [4.69, 9.17) is 4.74 Å². The van der Waals surface area contributed by atoms with E-state index in [1.165, 1.54) is 19.3 Å². The van der Waals surface area contributed by atoms with Gasteiger partial charge in [0, 0.05) is 11.0 Å². The van der Waals surface area contributed by atoms with Crippen LogP contribution in [0, 0.1) is 5.92 Å². The van der Waals surface area contributed by atoms with Gasteiger partial charge in [-0.05, 0) is 30.5 Å². The lowest BCUT2D eigenvalue weighted by Crippen LogP contribution is -2.03. The van der Waals surface area contributed by atoms with Crippen molar-refractivity contribution in [1.82, 2.24) is 0 Å². The van der Waals surface area contributed by atoms with Gasteiger partial charge in [0.2, 0.25) is 0 Å². The van der Waals surface area contributed by atoms with Crippen LogP contribution < -0.4 is 10.1 Å². The molecular formula is C12H16BrNO. The number of nitrogens with one attached hydrogen (secondary N) is 1. The Bertz CT molecular complexity index is 336. The molecule has 1 aliphatic rings. The molecule has 1 aromatic rings. The summed E-state index contributed by atoms with van der Waals surface area (Å²) < 4.78 is 6.37. The third kappa shape index (κ3) is 3.13. The third-order valence-corrected chi connectivity index (χ3v) is 3.22. The van der Waals surface area contributed by atoms with E-state index in [-0.39, 0.29) is 0 Å². The fourth-order valence-corrected chi connectivity index (χ4v) is 2.00. The van der Waals surface area contributed by atoms with Gasteiger partial charge in [-0.2, -0.15) is 0 Å². The second-order valence-corrected chi connectivity index (χ2v) is 4.92. The van der Waals surface area contributed by atoms with Crippen molar-refractivity contribution in [1.29, 1.82) is 0 Å². The molecule has 1 saturated carbocycles. The minimum absolute atomic E-state index is 0.911. The molecule has 3 heteroatoms. The Hall–Kier alpha value is -0.700. The zero-order valence-corrected chi connectivity index (χ0v) is 10.5. The topological polar surface area (TPSA) is 21.3 Å². The molecule has 0 atom stereocenters. The second-order valence-electron chi connectivity index (χ2n) is 4.00. The number of hydrogen-bond acceptors (Lipinski definition) is 2. The monoisotopic (exact) mass is 269 g/mol. The zero-order valence-electron chi connectivity index (χ0n) is 8.92. The van der Waals surface area contributed by atoms with Crippen molar-refractivity contribution in [3.8, 4) is 5.75 Å². The summed E-state index contributed by atoms with van der Waals surface area (Å²) in [6.45, 7) is 1.04. The maximum Gasteiger partial charge on any atom is 0.142 e. The van der Waals surface area contributed by atoms with Crippen LogP contribution in [0.2, 0.25) is 0 Å². The molecule has 0 amide bonds. The van der Waals surface area contributed by atoms with E-state index in [2.05, 4.69) is 27.3 Å². The molecule has 2 nitrogen and oxygen atoms in total. The van der Waals surface area contributed by atoms with Crippen molar-refractivity contribution in [2.24, 2.45) is 5.92 Å². The summed E-state index contributed by atoms with van der Waals surface area (Å²) in [5.74, 6) is 1.88. The minimum atomic E-state index is 0.911. The molecule has 82 valence electrons. The van der Waals surface area contributed by atoms with E-state index in [1.54, 1.807) is 7.11 Å². The van der Waals surface area contributed by atoms with E-state index >= 15 is 0 Å². The first-order chi connectivity index (χ1) is 7.29. The number of anilines is 1. The van der Waals surface area contributed by atoms with Crippen LogP contribution >= 0.6 is 15.9 Å². The summed E-state index contributed by atoms with van der Waals surface area (Å²) in [6.07, 6.45) is 4.10. The van der Waals surface area contributed by atoms with Gasteiger partial charge < -0.3 is 10.1 Å². The van der Waals surface area contributed by atoms with Crippen molar-refractivity contribution >= 4 is 21.6 Å². The summed E-state index contributed by atoms with van der Waals surface area (Å²) in [5.41, 5.74) is 1.08. The van der Waals surface area contributed by atoms with Crippen LogP contribution in [0.3, 0.4) is 0 Å². The number of methoxy groups -OCH3 is 1. The normalized spacial score (nSPS) is 15.1. The Morgan fingerprint density at radius 3 is 2.93 bits per heavy atom. The molecular weight excluding hydrogens is 254 g/mol.